The van der Waals surface area contributed by atoms with Crippen LogP contribution in [0.3, 0.4) is 0 Å². The molecule has 0 saturated carbocycles. The first-order valence-corrected chi connectivity index (χ1v) is 4.29. The number of rotatable bonds is 2. The van der Waals surface area contributed by atoms with E-state index in [0.29, 0.717) is 11.0 Å². The Morgan fingerprint density at radius 2 is 2.45 bits per heavy atom. The van der Waals surface area contributed by atoms with Crippen LogP contribution < -0.4 is 16.5 Å². The number of alkyl halides is 1. The van der Waals surface area contributed by atoms with Gasteiger partial charge in [-0.15, -0.1) is 16.6 Å². The van der Waals surface area contributed by atoms with Crippen LogP contribution in [0.15, 0.2) is 5.38 Å². The first kappa shape index (κ1) is 8.29. The van der Waals surface area contributed by atoms with Crippen molar-refractivity contribution in [1.82, 2.24) is 4.98 Å². The maximum atomic E-state index is 5.52. The molecule has 1 aromatic heterocycles. The van der Waals surface area contributed by atoms with Crippen LogP contribution in [0.1, 0.15) is 5.69 Å². The molecule has 60 valence electrons. The predicted molar refractivity (Wildman–Crippen MR) is 45.7 cm³/mol. The van der Waals surface area contributed by atoms with Gasteiger partial charge in [0.15, 0.2) is 0 Å². The largest absolute Gasteiger partial charge is 0.311 e. The molecule has 0 radical (unpaired) electrons. The van der Waals surface area contributed by atoms with Gasteiger partial charge in [-0.25, -0.2) is 4.99 Å². The minimum absolute atomic E-state index is 0.139. The molecule has 0 atom stereocenters. The van der Waals surface area contributed by atoms with Gasteiger partial charge < -0.3 is 11.5 Å². The average Bonchev–Trinajstić information content (AvgIpc) is 2.34. The highest BCUT2D eigenvalue weighted by Crippen LogP contribution is 2.10. The SMILES string of the molecule is NC(N)=[NH+]c1nc(CCl)cs1. The van der Waals surface area contributed by atoms with E-state index in [9.17, 15) is 0 Å². The second-order valence-corrected chi connectivity index (χ2v) is 2.98. The van der Waals surface area contributed by atoms with Crippen LogP contribution in [-0.4, -0.2) is 10.9 Å². The Labute approximate surface area is 72.9 Å². The lowest BCUT2D eigenvalue weighted by atomic mass is 10.6. The monoisotopic (exact) mass is 191 g/mol. The smallest absolute Gasteiger partial charge is 0.303 e. The van der Waals surface area contributed by atoms with Crippen molar-refractivity contribution >= 4 is 34.0 Å². The van der Waals surface area contributed by atoms with Crippen molar-refractivity contribution in [3.63, 3.8) is 0 Å². The third-order valence-corrected chi connectivity index (χ3v) is 2.02. The number of hydrogen-bond acceptors (Lipinski definition) is 2. The van der Waals surface area contributed by atoms with Crippen molar-refractivity contribution in [1.29, 1.82) is 0 Å². The van der Waals surface area contributed by atoms with Crippen molar-refractivity contribution < 1.29 is 4.99 Å². The van der Waals surface area contributed by atoms with E-state index in [1.165, 1.54) is 11.3 Å². The van der Waals surface area contributed by atoms with E-state index in [0.717, 1.165) is 5.69 Å². The van der Waals surface area contributed by atoms with E-state index in [1.807, 2.05) is 5.38 Å². The molecule has 1 heterocycles. The molecule has 0 saturated heterocycles. The quantitative estimate of drug-likeness (QED) is 0.315. The molecule has 0 aliphatic heterocycles. The number of nitrogens with one attached hydrogen (secondary N) is 1. The maximum Gasteiger partial charge on any atom is 0.303 e. The highest BCUT2D eigenvalue weighted by molar-refractivity contribution is 7.12. The van der Waals surface area contributed by atoms with Gasteiger partial charge in [0.2, 0.25) is 0 Å². The van der Waals surface area contributed by atoms with Gasteiger partial charge in [0.1, 0.15) is 5.69 Å². The van der Waals surface area contributed by atoms with Gasteiger partial charge in [-0.2, -0.15) is 0 Å². The summed E-state index contributed by atoms with van der Waals surface area (Å²) in [5.41, 5.74) is 11.2. The molecule has 0 fully saturated rings. The normalized spacial score (nSPS) is 9.55. The van der Waals surface area contributed by atoms with E-state index < -0.39 is 0 Å². The molecular weight excluding hydrogens is 184 g/mol. The van der Waals surface area contributed by atoms with E-state index in [-0.39, 0.29) is 5.96 Å². The minimum atomic E-state index is 0.139. The number of nitrogens with zero attached hydrogens (tertiary/aromatic N) is 1. The Kier molecular flexibility index (Phi) is 2.67. The zero-order chi connectivity index (χ0) is 8.27. The van der Waals surface area contributed by atoms with Crippen LogP contribution in [0.5, 0.6) is 0 Å². The number of nitrogens with two attached hydrogens (primary N) is 2. The Hall–Kier alpha value is -0.810. The molecule has 6 heteroatoms. The standard InChI is InChI=1S/C5H7ClN4S/c6-1-3-2-11-5(9-3)10-4(7)8/h2H,1H2,(H4,7,8,9,10)/p+1. The number of hydrogen-bond donors (Lipinski definition) is 3. The molecule has 0 aromatic carbocycles. The van der Waals surface area contributed by atoms with E-state index in [2.05, 4.69) is 9.98 Å². The predicted octanol–water partition coefficient (Wildman–Crippen LogP) is -1.13. The second kappa shape index (κ2) is 3.54. The summed E-state index contributed by atoms with van der Waals surface area (Å²) < 4.78 is 0. The van der Waals surface area contributed by atoms with Crippen molar-refractivity contribution in [2.24, 2.45) is 11.5 Å². The molecule has 0 aliphatic rings. The summed E-state index contributed by atoms with van der Waals surface area (Å²) in [5, 5.41) is 2.51. The van der Waals surface area contributed by atoms with Crippen molar-refractivity contribution in [2.75, 3.05) is 0 Å². The molecule has 0 bridgehead atoms. The average molecular weight is 192 g/mol. The second-order valence-electron chi connectivity index (χ2n) is 1.86. The van der Waals surface area contributed by atoms with Gasteiger partial charge in [-0.3, -0.25) is 0 Å². The zero-order valence-electron chi connectivity index (χ0n) is 5.67. The molecule has 4 nitrogen and oxygen atoms in total. The van der Waals surface area contributed by atoms with Crippen molar-refractivity contribution in [3.8, 4) is 0 Å². The molecular formula is C5H8ClN4S+. The Morgan fingerprint density at radius 1 is 1.73 bits per heavy atom. The summed E-state index contributed by atoms with van der Waals surface area (Å²) in [6.07, 6.45) is 0. The van der Waals surface area contributed by atoms with Gasteiger partial charge in [0.25, 0.3) is 5.13 Å². The van der Waals surface area contributed by atoms with E-state index in [4.69, 9.17) is 23.1 Å². The molecule has 0 amide bonds. The third-order valence-electron chi connectivity index (χ3n) is 0.940. The van der Waals surface area contributed by atoms with Gasteiger partial charge in [-0.05, 0) is 0 Å². The summed E-state index contributed by atoms with van der Waals surface area (Å²) in [5.74, 6) is 0.545. The zero-order valence-corrected chi connectivity index (χ0v) is 7.25. The van der Waals surface area contributed by atoms with Crippen LogP contribution in [0, 0.1) is 0 Å². The van der Waals surface area contributed by atoms with Gasteiger partial charge >= 0.3 is 5.96 Å². The molecule has 11 heavy (non-hydrogen) atoms. The number of guanidine groups is 1. The van der Waals surface area contributed by atoms with Crippen LogP contribution >= 0.6 is 22.9 Å². The summed E-state index contributed by atoms with van der Waals surface area (Å²) in [6.45, 7) is 0. The molecule has 0 aliphatic carbocycles. The lowest BCUT2D eigenvalue weighted by Gasteiger charge is -1.80. The fourth-order valence-corrected chi connectivity index (χ4v) is 1.51. The number of thiazole rings is 1. The molecule has 0 spiro atoms. The summed E-state index contributed by atoms with van der Waals surface area (Å²) in [7, 11) is 0. The topological polar surface area (TPSA) is 78.9 Å². The summed E-state index contributed by atoms with van der Waals surface area (Å²) in [4.78, 5) is 6.74. The summed E-state index contributed by atoms with van der Waals surface area (Å²) in [6, 6.07) is 0. The number of halogens is 1. The third kappa shape index (κ3) is 2.36. The van der Waals surface area contributed by atoms with Gasteiger partial charge in [0.05, 0.1) is 5.88 Å². The molecule has 5 N–H and O–H groups in total. The van der Waals surface area contributed by atoms with E-state index in [1.54, 1.807) is 0 Å². The van der Waals surface area contributed by atoms with Crippen molar-refractivity contribution in [2.45, 2.75) is 5.88 Å². The van der Waals surface area contributed by atoms with Crippen LogP contribution in [-0.2, 0) is 5.88 Å². The highest BCUT2D eigenvalue weighted by atomic mass is 35.5. The Bertz CT molecular complexity index is 265. The van der Waals surface area contributed by atoms with Crippen LogP contribution in [0.4, 0.5) is 5.13 Å². The Balaban J connectivity index is 2.81. The fourth-order valence-electron chi connectivity index (χ4n) is 0.549. The molecule has 1 rings (SSSR count). The molecule has 0 unspecified atom stereocenters. The van der Waals surface area contributed by atoms with Gasteiger partial charge in [-0.1, -0.05) is 11.3 Å². The lowest BCUT2D eigenvalue weighted by molar-refractivity contribution is -0.355. The Morgan fingerprint density at radius 3 is 2.91 bits per heavy atom. The van der Waals surface area contributed by atoms with Gasteiger partial charge in [0, 0.05) is 5.38 Å². The molecule has 1 aromatic rings. The highest BCUT2D eigenvalue weighted by Gasteiger charge is 2.02. The minimum Gasteiger partial charge on any atom is -0.311 e. The fraction of sp³-hybridized carbons (Fsp3) is 0.200. The van der Waals surface area contributed by atoms with Crippen LogP contribution in [0.2, 0.25) is 0 Å². The first-order valence-electron chi connectivity index (χ1n) is 2.87. The van der Waals surface area contributed by atoms with E-state index >= 15 is 0 Å². The van der Waals surface area contributed by atoms with Crippen LogP contribution in [0.25, 0.3) is 0 Å². The summed E-state index contributed by atoms with van der Waals surface area (Å²) >= 11 is 6.94. The first-order chi connectivity index (χ1) is 5.22. The maximum absolute atomic E-state index is 5.52. The lowest BCUT2D eigenvalue weighted by Crippen LogP contribution is -2.72. The van der Waals surface area contributed by atoms with Crippen molar-refractivity contribution in [3.05, 3.63) is 11.1 Å². The number of aromatic nitrogens is 1.